The Hall–Kier alpha value is 0.340. The van der Waals surface area contributed by atoms with Crippen molar-refractivity contribution in [1.29, 1.82) is 0 Å². The van der Waals surface area contributed by atoms with Gasteiger partial charge in [-0.3, -0.25) is 0 Å². The zero-order valence-corrected chi connectivity index (χ0v) is 7.05. The normalized spacial score (nSPS) is 12.0. The van der Waals surface area contributed by atoms with Crippen LogP contribution in [0.3, 0.4) is 0 Å². The van der Waals surface area contributed by atoms with E-state index in [9.17, 15) is 8.78 Å². The largest absolute Gasteiger partial charge is 0.245 e. The maximum absolute atomic E-state index is 12.0. The van der Waals surface area contributed by atoms with Crippen molar-refractivity contribution in [2.75, 3.05) is 5.33 Å². The Morgan fingerprint density at radius 1 is 1.33 bits per heavy atom. The third kappa shape index (κ3) is 8.34. The summed E-state index contributed by atoms with van der Waals surface area (Å²) in [6.45, 7) is 0.960. The second-order valence-corrected chi connectivity index (χ2v) is 3.01. The highest BCUT2D eigenvalue weighted by Gasteiger charge is 2.19. The first-order valence-corrected chi connectivity index (χ1v) is 4.12. The van der Waals surface area contributed by atoms with Gasteiger partial charge in [0.05, 0.1) is 0 Å². The molecule has 0 aliphatic heterocycles. The molecule has 0 rings (SSSR count). The van der Waals surface area contributed by atoms with Crippen LogP contribution in [0.4, 0.5) is 8.78 Å². The molecule has 0 bridgehead atoms. The Morgan fingerprint density at radius 2 is 1.89 bits per heavy atom. The third-order valence-electron chi connectivity index (χ3n) is 0.999. The highest BCUT2D eigenvalue weighted by molar-refractivity contribution is 9.09. The van der Waals surface area contributed by atoms with E-state index in [2.05, 4.69) is 15.9 Å². The van der Waals surface area contributed by atoms with E-state index in [4.69, 9.17) is 0 Å². The molecule has 0 saturated carbocycles. The quantitative estimate of drug-likeness (QED) is 0.483. The third-order valence-corrected chi connectivity index (χ3v) is 1.56. The molecule has 3 heteroatoms. The Balaban J connectivity index is 3.07. The van der Waals surface area contributed by atoms with Crippen molar-refractivity contribution in [2.45, 2.75) is 32.1 Å². The summed E-state index contributed by atoms with van der Waals surface area (Å²) >= 11 is 3.17. The smallest absolute Gasteiger partial charge is 0.207 e. The lowest BCUT2D eigenvalue weighted by molar-refractivity contribution is 0.0109. The molecule has 0 spiro atoms. The first-order valence-electron chi connectivity index (χ1n) is 3.00. The van der Waals surface area contributed by atoms with Crippen LogP contribution < -0.4 is 0 Å². The highest BCUT2D eigenvalue weighted by Crippen LogP contribution is 2.19. The van der Waals surface area contributed by atoms with Crippen LogP contribution in [0.5, 0.6) is 0 Å². The molecule has 0 nitrogen and oxygen atoms in total. The summed E-state index contributed by atoms with van der Waals surface area (Å²) in [4.78, 5) is 0. The molecule has 0 aliphatic carbocycles. The minimum Gasteiger partial charge on any atom is -0.207 e. The predicted octanol–water partition coefficient (Wildman–Crippen LogP) is 3.21. The summed E-state index contributed by atoms with van der Waals surface area (Å²) in [6.07, 6.45) is 1.46. The van der Waals surface area contributed by atoms with Crippen molar-refractivity contribution in [3.05, 3.63) is 0 Å². The summed E-state index contributed by atoms with van der Waals surface area (Å²) in [6, 6.07) is 0. The zero-order chi connectivity index (χ0) is 7.33. The van der Waals surface area contributed by atoms with Gasteiger partial charge < -0.3 is 0 Å². The lowest BCUT2D eigenvalue weighted by Crippen LogP contribution is -2.08. The summed E-state index contributed by atoms with van der Waals surface area (Å²) < 4.78 is 24.1. The molecule has 0 aromatic carbocycles. The fourth-order valence-electron chi connectivity index (χ4n) is 0.530. The van der Waals surface area contributed by atoms with E-state index in [0.717, 1.165) is 18.7 Å². The average molecular weight is 201 g/mol. The Kier molecular flexibility index (Phi) is 4.36. The molecule has 0 atom stereocenters. The minimum atomic E-state index is -2.47. The number of alkyl halides is 3. The van der Waals surface area contributed by atoms with Crippen LogP contribution in [0.1, 0.15) is 26.2 Å². The molecule has 0 heterocycles. The van der Waals surface area contributed by atoms with Gasteiger partial charge in [-0.1, -0.05) is 15.9 Å². The molecule has 0 aromatic heterocycles. The molecular weight excluding hydrogens is 190 g/mol. The standard InChI is InChI=1S/C6H11BrF2/c1-6(8,9)4-2-3-5-7/h2-5H2,1H3. The summed E-state index contributed by atoms with van der Waals surface area (Å²) in [7, 11) is 0. The second-order valence-electron chi connectivity index (χ2n) is 2.22. The van der Waals surface area contributed by atoms with Gasteiger partial charge in [-0.05, 0) is 19.8 Å². The fraction of sp³-hybridized carbons (Fsp3) is 1.00. The van der Waals surface area contributed by atoms with Crippen molar-refractivity contribution >= 4 is 15.9 Å². The van der Waals surface area contributed by atoms with Crippen molar-refractivity contribution in [1.82, 2.24) is 0 Å². The second kappa shape index (κ2) is 4.20. The number of hydrogen-bond acceptors (Lipinski definition) is 0. The Labute approximate surface area is 62.8 Å². The van der Waals surface area contributed by atoms with Crippen LogP contribution in [0.25, 0.3) is 0 Å². The topological polar surface area (TPSA) is 0 Å². The van der Waals surface area contributed by atoms with Gasteiger partial charge in [-0.2, -0.15) is 0 Å². The van der Waals surface area contributed by atoms with Gasteiger partial charge >= 0.3 is 0 Å². The molecule has 0 amide bonds. The van der Waals surface area contributed by atoms with E-state index in [1.165, 1.54) is 0 Å². The molecule has 0 radical (unpaired) electrons. The van der Waals surface area contributed by atoms with E-state index in [1.807, 2.05) is 0 Å². The monoisotopic (exact) mass is 200 g/mol. The lowest BCUT2D eigenvalue weighted by Gasteiger charge is -2.07. The van der Waals surface area contributed by atoms with Crippen molar-refractivity contribution in [3.63, 3.8) is 0 Å². The molecule has 9 heavy (non-hydrogen) atoms. The number of halogens is 3. The van der Waals surface area contributed by atoms with Gasteiger partial charge in [0.25, 0.3) is 0 Å². The van der Waals surface area contributed by atoms with Crippen molar-refractivity contribution in [3.8, 4) is 0 Å². The van der Waals surface area contributed by atoms with E-state index in [1.54, 1.807) is 0 Å². The molecule has 56 valence electrons. The summed E-state index contributed by atoms with van der Waals surface area (Å²) in [5.74, 6) is -2.47. The molecule has 0 aliphatic rings. The van der Waals surface area contributed by atoms with E-state index in [-0.39, 0.29) is 6.42 Å². The van der Waals surface area contributed by atoms with E-state index in [0.29, 0.717) is 6.42 Å². The van der Waals surface area contributed by atoms with Gasteiger partial charge in [-0.15, -0.1) is 0 Å². The Morgan fingerprint density at radius 3 is 2.22 bits per heavy atom. The van der Waals surface area contributed by atoms with E-state index < -0.39 is 5.92 Å². The number of rotatable bonds is 4. The minimum absolute atomic E-state index is 0.0125. The molecular formula is C6H11BrF2. The van der Waals surface area contributed by atoms with Crippen LogP contribution in [0.15, 0.2) is 0 Å². The predicted molar refractivity (Wildman–Crippen MR) is 38.3 cm³/mol. The van der Waals surface area contributed by atoms with Crippen LogP contribution >= 0.6 is 15.9 Å². The SMILES string of the molecule is CC(F)(F)CCCCBr. The van der Waals surface area contributed by atoms with Crippen LogP contribution in [-0.2, 0) is 0 Å². The van der Waals surface area contributed by atoms with Gasteiger partial charge in [0.1, 0.15) is 0 Å². The van der Waals surface area contributed by atoms with Gasteiger partial charge in [-0.25, -0.2) is 8.78 Å². The van der Waals surface area contributed by atoms with Crippen LogP contribution in [0, 0.1) is 0 Å². The molecule has 0 unspecified atom stereocenters. The van der Waals surface area contributed by atoms with Crippen LogP contribution in [0.2, 0.25) is 0 Å². The maximum Gasteiger partial charge on any atom is 0.245 e. The first kappa shape index (κ1) is 9.34. The summed E-state index contributed by atoms with van der Waals surface area (Å²) in [5, 5.41) is 0.822. The first-order chi connectivity index (χ1) is 4.06. The van der Waals surface area contributed by atoms with Gasteiger partial charge in [0.2, 0.25) is 5.92 Å². The number of unbranched alkanes of at least 4 members (excludes halogenated alkanes) is 1. The fourth-order valence-corrected chi connectivity index (χ4v) is 0.926. The molecule has 0 N–H and O–H groups in total. The van der Waals surface area contributed by atoms with Crippen LogP contribution in [-0.4, -0.2) is 11.3 Å². The lowest BCUT2D eigenvalue weighted by atomic mass is 10.2. The van der Waals surface area contributed by atoms with Gasteiger partial charge in [0.15, 0.2) is 0 Å². The van der Waals surface area contributed by atoms with E-state index >= 15 is 0 Å². The van der Waals surface area contributed by atoms with Crippen molar-refractivity contribution in [2.24, 2.45) is 0 Å². The molecule has 0 saturated heterocycles. The summed E-state index contributed by atoms with van der Waals surface area (Å²) in [5.41, 5.74) is 0. The van der Waals surface area contributed by atoms with Crippen molar-refractivity contribution < 1.29 is 8.78 Å². The average Bonchev–Trinajstić information content (AvgIpc) is 1.63. The number of hydrogen-bond donors (Lipinski definition) is 0. The highest BCUT2D eigenvalue weighted by atomic mass is 79.9. The Bertz CT molecular complexity index is 67.9. The maximum atomic E-state index is 12.0. The van der Waals surface area contributed by atoms with Gasteiger partial charge in [0, 0.05) is 11.8 Å². The molecule has 0 fully saturated rings. The molecule has 0 aromatic rings. The zero-order valence-electron chi connectivity index (χ0n) is 5.46.